The van der Waals surface area contributed by atoms with Crippen molar-refractivity contribution in [2.24, 2.45) is 4.40 Å². The van der Waals surface area contributed by atoms with E-state index in [0.29, 0.717) is 0 Å². The highest BCUT2D eigenvalue weighted by Crippen LogP contribution is 2.38. The Balaban J connectivity index is 1.94. The number of hydrogen-bond acceptors (Lipinski definition) is 7. The molecule has 30 heavy (non-hydrogen) atoms. The molecule has 0 aliphatic rings. The van der Waals surface area contributed by atoms with Gasteiger partial charge in [0.1, 0.15) is 10.8 Å². The van der Waals surface area contributed by atoms with Gasteiger partial charge in [-0.25, -0.2) is 0 Å². The monoisotopic (exact) mass is 446 g/mol. The molecule has 0 saturated heterocycles. The molecule has 0 amide bonds. The Hall–Kier alpha value is -3.24. The zero-order valence-corrected chi connectivity index (χ0v) is 17.8. The lowest BCUT2D eigenvalue weighted by Gasteiger charge is -2.13. The first-order valence-electron chi connectivity index (χ1n) is 8.69. The first-order valence-corrected chi connectivity index (χ1v) is 11.0. The van der Waals surface area contributed by atoms with Gasteiger partial charge in [0.25, 0.3) is 10.0 Å². The second-order valence-electron chi connectivity index (χ2n) is 6.19. The van der Waals surface area contributed by atoms with Crippen molar-refractivity contribution >= 4 is 33.3 Å². The number of rotatable bonds is 8. The molecule has 3 rings (SSSR count). The summed E-state index contributed by atoms with van der Waals surface area (Å²) < 4.78 is 39.1. The van der Waals surface area contributed by atoms with E-state index in [-0.39, 0.29) is 33.6 Å². The summed E-state index contributed by atoms with van der Waals surface area (Å²) >= 11 is 1.03. The van der Waals surface area contributed by atoms with Crippen molar-refractivity contribution < 1.29 is 22.8 Å². The molecule has 0 aliphatic heterocycles. The summed E-state index contributed by atoms with van der Waals surface area (Å²) in [5, 5.41) is 13.2. The standard InChI is InChI=1S/C20H18N2O6S2/c1-14-6-3-4-7-16(14)13-28-20-17(22(23)24)10-15(11-18(20)27-2)12-21-30(25,26)19-8-5-9-29-19/h3-12H,13H2,1-2H3/b21-12-. The van der Waals surface area contributed by atoms with Gasteiger partial charge in [0.2, 0.25) is 5.75 Å². The summed E-state index contributed by atoms with van der Waals surface area (Å²) in [6, 6.07) is 13.2. The number of nitro groups is 1. The summed E-state index contributed by atoms with van der Waals surface area (Å²) in [5.41, 5.74) is 1.71. The maximum atomic E-state index is 12.2. The van der Waals surface area contributed by atoms with Crippen LogP contribution in [0.1, 0.15) is 16.7 Å². The fraction of sp³-hybridized carbons (Fsp3) is 0.150. The van der Waals surface area contributed by atoms with Crippen LogP contribution in [0.4, 0.5) is 5.69 Å². The molecule has 2 aromatic carbocycles. The number of nitro benzene ring substituents is 1. The zero-order valence-electron chi connectivity index (χ0n) is 16.1. The molecule has 0 spiro atoms. The highest BCUT2D eigenvalue weighted by atomic mass is 32.2. The summed E-state index contributed by atoms with van der Waals surface area (Å²) in [7, 11) is -2.53. The van der Waals surface area contributed by atoms with Gasteiger partial charge < -0.3 is 9.47 Å². The largest absolute Gasteiger partial charge is 0.493 e. The van der Waals surface area contributed by atoms with Crippen LogP contribution in [0.5, 0.6) is 11.5 Å². The van der Waals surface area contributed by atoms with Crippen molar-refractivity contribution in [2.45, 2.75) is 17.7 Å². The fourth-order valence-electron chi connectivity index (χ4n) is 2.63. The molecule has 0 unspecified atom stereocenters. The molecular weight excluding hydrogens is 428 g/mol. The van der Waals surface area contributed by atoms with E-state index in [9.17, 15) is 18.5 Å². The van der Waals surface area contributed by atoms with E-state index in [1.54, 1.807) is 11.4 Å². The predicted molar refractivity (Wildman–Crippen MR) is 114 cm³/mol. The minimum Gasteiger partial charge on any atom is -0.493 e. The lowest BCUT2D eigenvalue weighted by atomic mass is 10.1. The van der Waals surface area contributed by atoms with Gasteiger partial charge in [-0.3, -0.25) is 10.1 Å². The fourth-order valence-corrected chi connectivity index (χ4v) is 4.47. The Morgan fingerprint density at radius 2 is 1.97 bits per heavy atom. The van der Waals surface area contributed by atoms with E-state index in [1.165, 1.54) is 25.3 Å². The Labute approximate surface area is 177 Å². The van der Waals surface area contributed by atoms with Crippen LogP contribution < -0.4 is 9.47 Å². The van der Waals surface area contributed by atoms with Gasteiger partial charge in [-0.15, -0.1) is 11.3 Å². The number of thiophene rings is 1. The van der Waals surface area contributed by atoms with Gasteiger partial charge >= 0.3 is 5.69 Å². The number of aryl methyl sites for hydroxylation is 1. The summed E-state index contributed by atoms with van der Waals surface area (Å²) in [5.74, 6) is 0.0665. The van der Waals surface area contributed by atoms with Crippen LogP contribution in [0.2, 0.25) is 0 Å². The molecule has 156 valence electrons. The van der Waals surface area contributed by atoms with Gasteiger partial charge in [0, 0.05) is 17.8 Å². The minimum absolute atomic E-state index is 0.0379. The maximum absolute atomic E-state index is 12.2. The number of benzene rings is 2. The third kappa shape index (κ3) is 4.84. The summed E-state index contributed by atoms with van der Waals surface area (Å²) in [6.45, 7) is 2.03. The van der Waals surface area contributed by atoms with Crippen molar-refractivity contribution in [1.29, 1.82) is 0 Å². The smallest absolute Gasteiger partial charge is 0.315 e. The first-order chi connectivity index (χ1) is 14.3. The predicted octanol–water partition coefficient (Wildman–Crippen LogP) is 4.36. The van der Waals surface area contributed by atoms with Gasteiger partial charge in [-0.1, -0.05) is 30.3 Å². The number of sulfonamides is 1. The third-order valence-electron chi connectivity index (χ3n) is 4.20. The number of methoxy groups -OCH3 is 1. The van der Waals surface area contributed by atoms with Crippen molar-refractivity contribution in [1.82, 2.24) is 0 Å². The van der Waals surface area contributed by atoms with Gasteiger partial charge in [0.05, 0.1) is 12.0 Å². The molecule has 1 heterocycles. The molecule has 0 atom stereocenters. The number of ether oxygens (including phenoxy) is 2. The molecule has 0 saturated carbocycles. The summed E-state index contributed by atoms with van der Waals surface area (Å²) in [4.78, 5) is 11.0. The number of nitrogens with zero attached hydrogens (tertiary/aromatic N) is 2. The van der Waals surface area contributed by atoms with Crippen LogP contribution in [0.25, 0.3) is 0 Å². The molecule has 10 heteroatoms. The number of hydrogen-bond donors (Lipinski definition) is 0. The highest BCUT2D eigenvalue weighted by molar-refractivity contribution is 7.92. The quantitative estimate of drug-likeness (QED) is 0.289. The molecule has 3 aromatic rings. The van der Waals surface area contributed by atoms with Crippen LogP contribution in [-0.4, -0.2) is 26.7 Å². The van der Waals surface area contributed by atoms with E-state index >= 15 is 0 Å². The average molecular weight is 447 g/mol. The maximum Gasteiger partial charge on any atom is 0.315 e. The molecule has 8 nitrogen and oxygen atoms in total. The second-order valence-corrected chi connectivity index (χ2v) is 8.99. The lowest BCUT2D eigenvalue weighted by molar-refractivity contribution is -0.386. The lowest BCUT2D eigenvalue weighted by Crippen LogP contribution is -2.04. The Morgan fingerprint density at radius 1 is 1.20 bits per heavy atom. The second kappa shape index (κ2) is 9.06. The highest BCUT2D eigenvalue weighted by Gasteiger charge is 2.23. The SMILES string of the molecule is COc1cc(/C=N\S(=O)(=O)c2cccs2)cc([N+](=O)[O-])c1OCc1ccccc1C. The first kappa shape index (κ1) is 21.5. The molecule has 0 fully saturated rings. The van der Waals surface area contributed by atoms with Crippen molar-refractivity contribution in [3.63, 3.8) is 0 Å². The topological polar surface area (TPSA) is 108 Å². The van der Waals surface area contributed by atoms with Gasteiger partial charge in [0.15, 0.2) is 5.75 Å². The Bertz CT molecular complexity index is 1190. The van der Waals surface area contributed by atoms with Crippen molar-refractivity contribution in [3.05, 3.63) is 80.7 Å². The third-order valence-corrected chi connectivity index (χ3v) is 6.81. The molecule has 0 N–H and O–H groups in total. The van der Waals surface area contributed by atoms with Crippen molar-refractivity contribution in [2.75, 3.05) is 7.11 Å². The molecular formula is C20H18N2O6S2. The van der Waals surface area contributed by atoms with Crippen LogP contribution in [-0.2, 0) is 16.6 Å². The van der Waals surface area contributed by atoms with E-state index in [0.717, 1.165) is 28.7 Å². The van der Waals surface area contributed by atoms with E-state index < -0.39 is 14.9 Å². The van der Waals surface area contributed by atoms with Gasteiger partial charge in [-0.2, -0.15) is 12.8 Å². The summed E-state index contributed by atoms with van der Waals surface area (Å²) in [6.07, 6.45) is 1.05. The molecule has 0 radical (unpaired) electrons. The Morgan fingerprint density at radius 3 is 2.60 bits per heavy atom. The molecule has 0 aliphatic carbocycles. The van der Waals surface area contributed by atoms with E-state index in [4.69, 9.17) is 9.47 Å². The van der Waals surface area contributed by atoms with Gasteiger partial charge in [-0.05, 0) is 35.6 Å². The van der Waals surface area contributed by atoms with Crippen LogP contribution in [0.15, 0.2) is 62.5 Å². The van der Waals surface area contributed by atoms with Crippen LogP contribution >= 0.6 is 11.3 Å². The van der Waals surface area contributed by atoms with Crippen molar-refractivity contribution in [3.8, 4) is 11.5 Å². The average Bonchev–Trinajstić information content (AvgIpc) is 3.27. The Kier molecular flexibility index (Phi) is 6.48. The molecule has 1 aromatic heterocycles. The van der Waals surface area contributed by atoms with Crippen LogP contribution in [0, 0.1) is 17.0 Å². The zero-order chi connectivity index (χ0) is 21.7. The minimum atomic E-state index is -3.88. The van der Waals surface area contributed by atoms with Crippen LogP contribution in [0.3, 0.4) is 0 Å². The normalized spacial score (nSPS) is 11.5. The van der Waals surface area contributed by atoms with E-state index in [2.05, 4.69) is 4.40 Å². The van der Waals surface area contributed by atoms with E-state index in [1.807, 2.05) is 31.2 Å². The molecule has 0 bridgehead atoms.